The van der Waals surface area contributed by atoms with Gasteiger partial charge in [-0.25, -0.2) is 14.8 Å². The van der Waals surface area contributed by atoms with Crippen LogP contribution in [0.1, 0.15) is 21.6 Å². The average Bonchev–Trinajstić information content (AvgIpc) is 3.21. The molecule has 1 aromatic carbocycles. The minimum Gasteiger partial charge on any atom is -0.497 e. The van der Waals surface area contributed by atoms with Gasteiger partial charge in [-0.1, -0.05) is 5.16 Å². The Morgan fingerprint density at radius 3 is 2.27 bits per heavy atom. The Morgan fingerprint density at radius 1 is 1.03 bits per heavy atom. The van der Waals surface area contributed by atoms with E-state index in [1.807, 2.05) is 18.7 Å². The number of ether oxygens (including phenoxy) is 1. The molecule has 0 aliphatic carbocycles. The molecule has 0 atom stereocenters. The molecular formula is C21H23N5O4. The van der Waals surface area contributed by atoms with Crippen LogP contribution >= 0.6 is 0 Å². The van der Waals surface area contributed by atoms with Crippen LogP contribution in [0.3, 0.4) is 0 Å². The summed E-state index contributed by atoms with van der Waals surface area (Å²) >= 11 is 0. The summed E-state index contributed by atoms with van der Waals surface area (Å²) in [5, 5.41) is 14.0. The molecule has 0 saturated carbocycles. The van der Waals surface area contributed by atoms with Crippen molar-refractivity contribution in [1.82, 2.24) is 15.1 Å². The van der Waals surface area contributed by atoms with Crippen molar-refractivity contribution in [1.29, 1.82) is 0 Å². The van der Waals surface area contributed by atoms with Gasteiger partial charge in [0.25, 0.3) is 0 Å². The smallest absolute Gasteiger partial charge is 0.343 e. The van der Waals surface area contributed by atoms with Crippen molar-refractivity contribution in [3.05, 3.63) is 47.4 Å². The Kier molecular flexibility index (Phi) is 5.26. The summed E-state index contributed by atoms with van der Waals surface area (Å²) in [7, 11) is 1.58. The molecule has 4 rings (SSSR count). The van der Waals surface area contributed by atoms with E-state index < -0.39 is 5.97 Å². The van der Waals surface area contributed by atoms with Gasteiger partial charge < -0.3 is 24.2 Å². The van der Waals surface area contributed by atoms with Crippen molar-refractivity contribution in [2.45, 2.75) is 13.8 Å². The van der Waals surface area contributed by atoms with Crippen molar-refractivity contribution in [3.8, 4) is 17.1 Å². The second kappa shape index (κ2) is 8.02. The van der Waals surface area contributed by atoms with Crippen molar-refractivity contribution >= 4 is 17.6 Å². The van der Waals surface area contributed by atoms with Gasteiger partial charge in [0.05, 0.1) is 7.11 Å². The highest BCUT2D eigenvalue weighted by Gasteiger charge is 2.30. The molecular weight excluding hydrogens is 386 g/mol. The average molecular weight is 409 g/mol. The van der Waals surface area contributed by atoms with Crippen LogP contribution in [0.25, 0.3) is 11.3 Å². The zero-order chi connectivity index (χ0) is 21.3. The summed E-state index contributed by atoms with van der Waals surface area (Å²) in [4.78, 5) is 24.8. The van der Waals surface area contributed by atoms with Gasteiger partial charge in [-0.3, -0.25) is 0 Å². The third-order valence-electron chi connectivity index (χ3n) is 5.43. The first kappa shape index (κ1) is 19.7. The van der Waals surface area contributed by atoms with Crippen LogP contribution in [0.4, 0.5) is 11.6 Å². The second-order valence-electron chi connectivity index (χ2n) is 7.13. The van der Waals surface area contributed by atoms with E-state index in [-0.39, 0.29) is 11.3 Å². The fourth-order valence-corrected chi connectivity index (χ4v) is 3.60. The predicted molar refractivity (Wildman–Crippen MR) is 111 cm³/mol. The van der Waals surface area contributed by atoms with Gasteiger partial charge in [-0.2, -0.15) is 0 Å². The summed E-state index contributed by atoms with van der Waals surface area (Å²) < 4.78 is 10.6. The highest BCUT2D eigenvalue weighted by molar-refractivity contribution is 5.99. The Labute approximate surface area is 173 Å². The molecule has 0 amide bonds. The number of carboxylic acids is 1. The van der Waals surface area contributed by atoms with Crippen molar-refractivity contribution < 1.29 is 19.2 Å². The summed E-state index contributed by atoms with van der Waals surface area (Å²) in [5.74, 6) is 1.12. The molecule has 1 fully saturated rings. The number of hydrogen-bond acceptors (Lipinski definition) is 8. The van der Waals surface area contributed by atoms with Crippen LogP contribution in [-0.2, 0) is 0 Å². The van der Waals surface area contributed by atoms with Gasteiger partial charge in [-0.15, -0.1) is 0 Å². The van der Waals surface area contributed by atoms with Gasteiger partial charge in [0.15, 0.2) is 17.1 Å². The van der Waals surface area contributed by atoms with E-state index in [0.717, 1.165) is 17.1 Å². The van der Waals surface area contributed by atoms with Crippen molar-refractivity contribution in [2.75, 3.05) is 43.1 Å². The van der Waals surface area contributed by atoms with Gasteiger partial charge in [-0.05, 0) is 38.1 Å². The van der Waals surface area contributed by atoms with E-state index in [1.54, 1.807) is 37.7 Å². The van der Waals surface area contributed by atoms with E-state index in [0.29, 0.717) is 43.3 Å². The molecule has 1 saturated heterocycles. The first-order valence-corrected chi connectivity index (χ1v) is 9.65. The Bertz CT molecular complexity index is 1060. The van der Waals surface area contributed by atoms with Crippen LogP contribution < -0.4 is 14.5 Å². The highest BCUT2D eigenvalue weighted by atomic mass is 16.5. The number of carbonyl (C=O) groups is 1. The Morgan fingerprint density at radius 2 is 1.67 bits per heavy atom. The molecule has 1 aliphatic rings. The third kappa shape index (κ3) is 3.54. The number of aromatic nitrogens is 3. The quantitative estimate of drug-likeness (QED) is 0.681. The second-order valence-corrected chi connectivity index (χ2v) is 7.13. The lowest BCUT2D eigenvalue weighted by molar-refractivity contribution is 0.0697. The molecule has 1 N–H and O–H groups in total. The van der Waals surface area contributed by atoms with Crippen LogP contribution in [0.15, 0.2) is 35.1 Å². The number of aryl methyl sites for hydroxylation is 1. The van der Waals surface area contributed by atoms with Crippen LogP contribution in [0, 0.1) is 13.8 Å². The monoisotopic (exact) mass is 409 g/mol. The minimum atomic E-state index is -1.07. The number of piperazine rings is 1. The summed E-state index contributed by atoms with van der Waals surface area (Å²) in [6.45, 7) is 6.58. The van der Waals surface area contributed by atoms with Crippen LogP contribution in [-0.4, -0.2) is 59.5 Å². The first-order chi connectivity index (χ1) is 14.5. The number of carboxylic acid groups (broad SMARTS) is 1. The number of aromatic carboxylic acids is 1. The molecule has 0 bridgehead atoms. The van der Waals surface area contributed by atoms with Crippen molar-refractivity contribution in [3.63, 3.8) is 0 Å². The lowest BCUT2D eigenvalue weighted by Crippen LogP contribution is -2.47. The zero-order valence-electron chi connectivity index (χ0n) is 17.1. The molecule has 0 radical (unpaired) electrons. The van der Waals surface area contributed by atoms with Crippen LogP contribution in [0.5, 0.6) is 5.75 Å². The molecule has 9 heteroatoms. The number of methoxy groups -OCH3 is 1. The van der Waals surface area contributed by atoms with E-state index in [1.165, 1.54) is 0 Å². The molecule has 0 unspecified atom stereocenters. The molecule has 9 nitrogen and oxygen atoms in total. The molecule has 3 aromatic rings. The molecule has 1 aliphatic heterocycles. The van der Waals surface area contributed by atoms with E-state index >= 15 is 0 Å². The Hall–Kier alpha value is -3.62. The first-order valence-electron chi connectivity index (χ1n) is 9.65. The van der Waals surface area contributed by atoms with Crippen molar-refractivity contribution in [2.24, 2.45) is 0 Å². The lowest BCUT2D eigenvalue weighted by atomic mass is 10.1. The lowest BCUT2D eigenvalue weighted by Gasteiger charge is -2.36. The van der Waals surface area contributed by atoms with Gasteiger partial charge in [0, 0.05) is 43.0 Å². The molecule has 30 heavy (non-hydrogen) atoms. The number of anilines is 2. The number of hydrogen-bond donors (Lipinski definition) is 1. The van der Waals surface area contributed by atoms with Gasteiger partial charge >= 0.3 is 5.97 Å². The Balaban J connectivity index is 1.57. The third-order valence-corrected chi connectivity index (χ3v) is 5.43. The van der Waals surface area contributed by atoms with E-state index in [9.17, 15) is 9.90 Å². The fraction of sp³-hybridized carbons (Fsp3) is 0.333. The zero-order valence-corrected chi connectivity index (χ0v) is 17.1. The summed E-state index contributed by atoms with van der Waals surface area (Å²) in [6, 6.07) is 7.03. The predicted octanol–water partition coefficient (Wildman–Crippen LogP) is 2.78. The van der Waals surface area contributed by atoms with Gasteiger partial charge in [0.1, 0.15) is 17.9 Å². The van der Waals surface area contributed by atoms with E-state index in [2.05, 4.69) is 20.0 Å². The molecule has 3 heterocycles. The van der Waals surface area contributed by atoms with Crippen LogP contribution in [0.2, 0.25) is 0 Å². The normalized spacial score (nSPS) is 14.1. The maximum absolute atomic E-state index is 12.0. The number of benzene rings is 1. The molecule has 156 valence electrons. The molecule has 0 spiro atoms. The van der Waals surface area contributed by atoms with Gasteiger partial charge in [0.2, 0.25) is 0 Å². The standard InChI is InChI=1S/C21H23N5O4/c1-13-14(2)22-12-23-19(13)25-8-10-26(11-9-25)20-17(21(27)28)18(30-24-20)15-4-6-16(29-3)7-5-15/h4-7,12H,8-11H2,1-3H3,(H,27,28). The topological polar surface area (TPSA) is 105 Å². The maximum atomic E-state index is 12.0. The highest BCUT2D eigenvalue weighted by Crippen LogP contribution is 2.33. The fourth-order valence-electron chi connectivity index (χ4n) is 3.60. The number of rotatable bonds is 5. The summed E-state index contributed by atoms with van der Waals surface area (Å²) in [6.07, 6.45) is 1.57. The van der Waals surface area contributed by atoms with E-state index in [4.69, 9.17) is 9.26 Å². The SMILES string of the molecule is COc1ccc(-c2onc(N3CCN(c4ncnc(C)c4C)CC3)c2C(=O)O)cc1. The largest absolute Gasteiger partial charge is 0.497 e. The maximum Gasteiger partial charge on any atom is 0.343 e. The minimum absolute atomic E-state index is 0.0719. The number of nitrogens with zero attached hydrogens (tertiary/aromatic N) is 5. The summed E-state index contributed by atoms with van der Waals surface area (Å²) in [5.41, 5.74) is 2.72. The molecule has 2 aromatic heterocycles.